The van der Waals surface area contributed by atoms with Gasteiger partial charge in [0.25, 0.3) is 0 Å². The predicted molar refractivity (Wildman–Crippen MR) is 233 cm³/mol. The number of benzene rings is 4. The van der Waals surface area contributed by atoms with Crippen molar-refractivity contribution in [3.8, 4) is 11.5 Å². The smallest absolute Gasteiger partial charge is 0.123 e. The van der Waals surface area contributed by atoms with E-state index in [1.807, 2.05) is 0 Å². The Hall–Kier alpha value is -2.83. The van der Waals surface area contributed by atoms with E-state index < -0.39 is 0 Å². The van der Waals surface area contributed by atoms with Crippen molar-refractivity contribution in [2.24, 2.45) is 0 Å². The van der Waals surface area contributed by atoms with Gasteiger partial charge in [-0.25, -0.2) is 0 Å². The summed E-state index contributed by atoms with van der Waals surface area (Å²) in [6.07, 6.45) is 3.22. The molecule has 4 aromatic rings. The van der Waals surface area contributed by atoms with Crippen molar-refractivity contribution >= 4 is 0 Å². The van der Waals surface area contributed by atoms with Crippen molar-refractivity contribution < 1.29 is 31.3 Å². The van der Waals surface area contributed by atoms with Crippen LogP contribution in [0.1, 0.15) is 194 Å². The summed E-state index contributed by atoms with van der Waals surface area (Å²) in [4.78, 5) is 0. The summed E-state index contributed by atoms with van der Waals surface area (Å²) >= 11 is 0. The normalized spacial score (nSPS) is 12.9. The zero-order chi connectivity index (χ0) is 41.1. The Labute approximate surface area is 351 Å². The molecule has 0 spiro atoms. The second-order valence-corrected chi connectivity index (χ2v) is 21.5. The molecule has 4 aromatic carbocycles. The van der Waals surface area contributed by atoms with Gasteiger partial charge in [-0.05, 0) is 140 Å². The van der Waals surface area contributed by atoms with E-state index in [1.165, 1.54) is 61.2 Å². The van der Waals surface area contributed by atoms with E-state index in [0.29, 0.717) is 11.5 Å². The average Bonchev–Trinajstić information content (AvgIpc) is 3.02. The Bertz CT molecular complexity index is 1960. The molecule has 0 heterocycles. The van der Waals surface area contributed by atoms with E-state index in [1.54, 1.807) is 0 Å². The summed E-state index contributed by atoms with van der Waals surface area (Å²) in [7, 11) is 0. The first-order valence-corrected chi connectivity index (χ1v) is 20.3. The monoisotopic (exact) mass is 827 g/mol. The van der Waals surface area contributed by atoms with E-state index in [9.17, 15) is 10.2 Å². The van der Waals surface area contributed by atoms with Crippen molar-refractivity contribution in [2.45, 2.75) is 184 Å². The van der Waals surface area contributed by atoms with Crippen molar-refractivity contribution in [1.29, 1.82) is 0 Å². The van der Waals surface area contributed by atoms with Crippen LogP contribution >= 0.6 is 0 Å². The van der Waals surface area contributed by atoms with Crippen LogP contribution in [0.5, 0.6) is 11.5 Å². The Morgan fingerprint density at radius 2 is 0.727 bits per heavy atom. The second kappa shape index (κ2) is 16.2. The molecular formula is C52H73MoO2-. The van der Waals surface area contributed by atoms with Crippen LogP contribution in [0.2, 0.25) is 0 Å². The molecule has 3 heteroatoms. The topological polar surface area (TPSA) is 40.5 Å². The van der Waals surface area contributed by atoms with Gasteiger partial charge >= 0.3 is 0 Å². The van der Waals surface area contributed by atoms with Crippen LogP contribution in [0, 0.1) is 26.8 Å². The van der Waals surface area contributed by atoms with Crippen LogP contribution in [0.4, 0.5) is 0 Å². The second-order valence-electron chi connectivity index (χ2n) is 21.5. The van der Waals surface area contributed by atoms with Crippen LogP contribution in [0.3, 0.4) is 0 Å². The van der Waals surface area contributed by atoms with Gasteiger partial charge in [-0.3, -0.25) is 0 Å². The third-order valence-corrected chi connectivity index (χ3v) is 11.6. The zero-order valence-electron chi connectivity index (χ0n) is 38.1. The molecule has 0 aliphatic rings. The first kappa shape index (κ1) is 46.5. The molecule has 0 unspecified atom stereocenters. The fourth-order valence-electron chi connectivity index (χ4n) is 7.98. The molecule has 4 rings (SSSR count). The zero-order valence-corrected chi connectivity index (χ0v) is 40.1. The standard InChI is InChI=1S/C52H73O2.Mo/c1-20-37-21-34(27-43(46(37)53)50(11,12)13)24-40-31(2)41(25-35-22-38(48(5,6)7)30-39(23-35)49(8,9)10)33(4)42(32(40)3)26-36-28-44(51(14,15)16)47(54)45(29-36)52(17,18)19;/h21-23,27-29,53-54H,20,24-26H2,1-19H3;/q-1;. The molecule has 0 amide bonds. The first-order valence-electron chi connectivity index (χ1n) is 20.3. The third kappa shape index (κ3) is 10.4. The largest absolute Gasteiger partial charge is 0.507 e. The number of hydrogen-bond donors (Lipinski definition) is 2. The van der Waals surface area contributed by atoms with Gasteiger partial charge in [0.15, 0.2) is 0 Å². The van der Waals surface area contributed by atoms with E-state index in [0.717, 1.165) is 47.9 Å². The molecule has 0 aromatic heterocycles. The molecule has 0 saturated carbocycles. The summed E-state index contributed by atoms with van der Waals surface area (Å²) in [6.45, 7) is 42.6. The molecule has 2 nitrogen and oxygen atoms in total. The molecule has 0 aliphatic heterocycles. The summed E-state index contributed by atoms with van der Waals surface area (Å²) < 4.78 is 0. The SMILES string of the molecule is CCc1cc(Cc2c(C)c(Cc3cc(C(C)(C)C)[c-]c(C(C)(C)C)c3)c(C)c(Cc3cc(C(C)(C)C)c(O)c(C(C)(C)C)c3)c2C)cc(C(C)(C)C)c1O.[Mo]. The van der Waals surface area contributed by atoms with Gasteiger partial charge in [0, 0.05) is 21.1 Å². The van der Waals surface area contributed by atoms with Gasteiger partial charge in [-0.15, -0.1) is 0 Å². The van der Waals surface area contributed by atoms with Gasteiger partial charge in [-0.2, -0.15) is 34.9 Å². The van der Waals surface area contributed by atoms with Gasteiger partial charge in [0.1, 0.15) is 11.5 Å². The number of rotatable bonds is 7. The summed E-state index contributed by atoms with van der Waals surface area (Å²) in [5.74, 6) is 0.866. The maximum absolute atomic E-state index is 11.6. The van der Waals surface area contributed by atoms with E-state index >= 15 is 0 Å². The number of aromatic hydroxyl groups is 2. The third-order valence-electron chi connectivity index (χ3n) is 11.6. The number of hydrogen-bond acceptors (Lipinski definition) is 2. The molecule has 55 heavy (non-hydrogen) atoms. The average molecular weight is 826 g/mol. The number of aryl methyl sites for hydroxylation is 1. The van der Waals surface area contributed by atoms with Crippen LogP contribution in [0.15, 0.2) is 36.4 Å². The number of phenolic OH excluding ortho intramolecular Hbond substituents is 2. The predicted octanol–water partition coefficient (Wildman–Crippen LogP) is 13.6. The van der Waals surface area contributed by atoms with Crippen molar-refractivity contribution in [3.05, 3.63) is 126 Å². The molecule has 2 N–H and O–H groups in total. The van der Waals surface area contributed by atoms with Crippen molar-refractivity contribution in [1.82, 2.24) is 0 Å². The maximum Gasteiger partial charge on any atom is 0.123 e. The maximum atomic E-state index is 11.6. The van der Waals surface area contributed by atoms with E-state index in [2.05, 4.69) is 174 Å². The summed E-state index contributed by atoms with van der Waals surface area (Å²) in [5, 5.41) is 22.9. The molecule has 0 fully saturated rings. The van der Waals surface area contributed by atoms with Crippen LogP contribution in [-0.2, 0) is 73.8 Å². The Morgan fingerprint density at radius 3 is 1.02 bits per heavy atom. The quantitative estimate of drug-likeness (QED) is 0.144. The van der Waals surface area contributed by atoms with Crippen molar-refractivity contribution in [3.63, 3.8) is 0 Å². The van der Waals surface area contributed by atoms with Gasteiger partial charge in [0.05, 0.1) is 0 Å². The fourth-order valence-corrected chi connectivity index (χ4v) is 7.98. The van der Waals surface area contributed by atoms with Crippen LogP contribution in [0.25, 0.3) is 0 Å². The van der Waals surface area contributed by atoms with E-state index in [4.69, 9.17) is 0 Å². The van der Waals surface area contributed by atoms with Crippen LogP contribution < -0.4 is 0 Å². The first-order chi connectivity index (χ1) is 24.4. The van der Waals surface area contributed by atoms with Gasteiger partial charge < -0.3 is 10.2 Å². The van der Waals surface area contributed by atoms with Gasteiger partial charge in [-0.1, -0.05) is 135 Å². The Morgan fingerprint density at radius 1 is 0.436 bits per heavy atom. The summed E-state index contributed by atoms with van der Waals surface area (Å²) in [5.41, 5.74) is 17.9. The molecule has 0 bridgehead atoms. The minimum absolute atomic E-state index is 0. The Kier molecular flexibility index (Phi) is 13.7. The Balaban J connectivity index is 0.00000812. The van der Waals surface area contributed by atoms with Gasteiger partial charge in [0.2, 0.25) is 0 Å². The summed E-state index contributed by atoms with van der Waals surface area (Å²) in [6, 6.07) is 17.6. The molecule has 0 atom stereocenters. The molecule has 300 valence electrons. The number of phenols is 2. The van der Waals surface area contributed by atoms with Crippen molar-refractivity contribution in [2.75, 3.05) is 0 Å². The molecular weight excluding hydrogens is 753 g/mol. The minimum Gasteiger partial charge on any atom is -0.507 e. The fraction of sp³-hybridized carbons (Fsp3) is 0.538. The van der Waals surface area contributed by atoms with E-state index in [-0.39, 0.29) is 48.1 Å². The minimum atomic E-state index is -0.200. The molecule has 0 saturated heterocycles. The molecule has 0 aliphatic carbocycles. The molecule has 0 radical (unpaired) electrons. The van der Waals surface area contributed by atoms with Crippen LogP contribution in [-0.4, -0.2) is 10.2 Å².